The second kappa shape index (κ2) is 8.53. The number of aromatic nitrogens is 3. The third kappa shape index (κ3) is 3.96. The highest BCUT2D eigenvalue weighted by molar-refractivity contribution is 7.13. The largest absolute Gasteiger partial charge is 0.369 e. The van der Waals surface area contributed by atoms with E-state index < -0.39 is 18.3 Å². The number of nitrogens with zero attached hydrogens (tertiary/aromatic N) is 4. The molecule has 1 fully saturated rings. The number of aryl methyl sites for hydroxylation is 1. The van der Waals surface area contributed by atoms with Crippen LogP contribution in [0.4, 0.5) is 10.1 Å². The molecule has 1 aromatic carbocycles. The molecule has 0 radical (unpaired) electrons. The average Bonchev–Trinajstić information content (AvgIpc) is 3.51. The highest BCUT2D eigenvalue weighted by Crippen LogP contribution is 2.33. The summed E-state index contributed by atoms with van der Waals surface area (Å²) in [5.74, 6) is -0.333. The number of benzene rings is 1. The second-order valence-electron chi connectivity index (χ2n) is 8.02. The molecule has 8 nitrogen and oxygen atoms in total. The minimum atomic E-state index is -1.20. The number of thiazole rings is 1. The third-order valence-corrected chi connectivity index (χ3v) is 6.73. The zero-order valence-electron chi connectivity index (χ0n) is 17.5. The van der Waals surface area contributed by atoms with Crippen LogP contribution in [0.1, 0.15) is 46.3 Å². The summed E-state index contributed by atoms with van der Waals surface area (Å²) in [5, 5.41) is 9.66. The summed E-state index contributed by atoms with van der Waals surface area (Å²) >= 11 is 1.41. The smallest absolute Gasteiger partial charge is 0.275 e. The number of aliphatic imine (C=N–C) groups is 1. The molecule has 1 saturated heterocycles. The Bertz CT molecular complexity index is 1180. The van der Waals surface area contributed by atoms with E-state index in [1.807, 2.05) is 18.3 Å². The summed E-state index contributed by atoms with van der Waals surface area (Å²) in [6, 6.07) is 5.52. The van der Waals surface area contributed by atoms with Crippen molar-refractivity contribution in [2.75, 3.05) is 11.9 Å². The van der Waals surface area contributed by atoms with Crippen LogP contribution in [-0.4, -0.2) is 45.7 Å². The molecule has 3 N–H and O–H groups in total. The van der Waals surface area contributed by atoms with Crippen molar-refractivity contribution in [1.29, 1.82) is 0 Å². The number of anilines is 1. The lowest BCUT2D eigenvalue weighted by Crippen LogP contribution is -2.32. The van der Waals surface area contributed by atoms with Crippen LogP contribution in [0.5, 0.6) is 0 Å². The number of carbonyl (C=O) groups is 1. The van der Waals surface area contributed by atoms with Crippen molar-refractivity contribution in [1.82, 2.24) is 14.8 Å². The van der Waals surface area contributed by atoms with E-state index in [4.69, 9.17) is 10.5 Å². The van der Waals surface area contributed by atoms with E-state index in [1.165, 1.54) is 11.3 Å². The molecule has 0 aliphatic carbocycles. The molecule has 0 spiro atoms. The minimum Gasteiger partial charge on any atom is -0.369 e. The number of rotatable bonds is 4. The monoisotopic (exact) mass is 454 g/mol. The number of nitrogens with two attached hydrogens (primary N) is 1. The Hall–Kier alpha value is -2.95. The van der Waals surface area contributed by atoms with Gasteiger partial charge in [-0.2, -0.15) is 5.10 Å². The van der Waals surface area contributed by atoms with Gasteiger partial charge < -0.3 is 15.8 Å². The zero-order chi connectivity index (χ0) is 22.2. The van der Waals surface area contributed by atoms with Gasteiger partial charge in [0.2, 0.25) is 0 Å². The quantitative estimate of drug-likeness (QED) is 0.629. The van der Waals surface area contributed by atoms with E-state index in [9.17, 15) is 9.18 Å². The van der Waals surface area contributed by atoms with E-state index in [-0.39, 0.29) is 12.5 Å². The first kappa shape index (κ1) is 20.9. The molecule has 1 amide bonds. The summed E-state index contributed by atoms with van der Waals surface area (Å²) in [6.45, 7) is 0.592. The molecule has 4 heterocycles. The first-order chi connectivity index (χ1) is 15.5. The number of nitrogens with one attached hydrogen (secondary N) is 1. The summed E-state index contributed by atoms with van der Waals surface area (Å²) in [7, 11) is 1.77. The summed E-state index contributed by atoms with van der Waals surface area (Å²) in [6.07, 6.45) is 2.88. The van der Waals surface area contributed by atoms with Crippen molar-refractivity contribution in [3.63, 3.8) is 0 Å². The standard InChI is InChI=1S/C22H23FN6O2S/c1-29-20(19-5-4-16(24)15(23)10-31-19)17(9-26-29)27-21(30)18-11-32-22(28-18)12-2-3-13-7-25-8-14(13)6-12/h2-3,6-7,9,11,15-16,19H,4-5,8,10,24H2,1H3,(H,27,30)/t15-,16-,19+/m1/s1. The van der Waals surface area contributed by atoms with Crippen molar-refractivity contribution in [3.8, 4) is 10.6 Å². The Morgan fingerprint density at radius 2 is 2.25 bits per heavy atom. The maximum absolute atomic E-state index is 13.9. The van der Waals surface area contributed by atoms with Crippen LogP contribution in [0, 0.1) is 0 Å². The van der Waals surface area contributed by atoms with Gasteiger partial charge >= 0.3 is 0 Å². The molecule has 2 aromatic heterocycles. The Balaban J connectivity index is 1.33. The SMILES string of the molecule is Cn1ncc(NC(=O)c2csc(-c3ccc4c(c3)CN=C4)n2)c1[C@@H]1CC[C@@H](N)[C@H](F)CO1. The lowest BCUT2D eigenvalue weighted by Gasteiger charge is -2.17. The Morgan fingerprint density at radius 1 is 1.38 bits per heavy atom. The third-order valence-electron chi connectivity index (χ3n) is 5.84. The highest BCUT2D eigenvalue weighted by atomic mass is 32.1. The molecule has 5 rings (SSSR count). The van der Waals surface area contributed by atoms with E-state index in [1.54, 1.807) is 23.3 Å². The van der Waals surface area contributed by atoms with Gasteiger partial charge in [-0.25, -0.2) is 9.37 Å². The maximum atomic E-state index is 13.9. The lowest BCUT2D eigenvalue weighted by atomic mass is 10.0. The number of fused-ring (bicyclic) bond motifs is 1. The van der Waals surface area contributed by atoms with Gasteiger partial charge in [0.1, 0.15) is 23.0 Å². The average molecular weight is 455 g/mol. The van der Waals surface area contributed by atoms with Gasteiger partial charge in [0.05, 0.1) is 30.7 Å². The van der Waals surface area contributed by atoms with Gasteiger partial charge in [0.25, 0.3) is 5.91 Å². The first-order valence-corrected chi connectivity index (χ1v) is 11.3. The number of amides is 1. The van der Waals surface area contributed by atoms with Gasteiger partial charge in [-0.3, -0.25) is 14.5 Å². The molecule has 166 valence electrons. The number of carbonyl (C=O) groups excluding carboxylic acids is 1. The first-order valence-electron chi connectivity index (χ1n) is 10.4. The van der Waals surface area contributed by atoms with Crippen LogP contribution in [0.2, 0.25) is 0 Å². The Morgan fingerprint density at radius 3 is 3.12 bits per heavy atom. The van der Waals surface area contributed by atoms with E-state index in [0.717, 1.165) is 21.7 Å². The van der Waals surface area contributed by atoms with Crippen molar-refractivity contribution in [3.05, 3.63) is 52.3 Å². The number of ether oxygens (including phenoxy) is 1. The molecule has 32 heavy (non-hydrogen) atoms. The summed E-state index contributed by atoms with van der Waals surface area (Å²) in [5.41, 5.74) is 10.6. The van der Waals surface area contributed by atoms with Crippen molar-refractivity contribution < 1.29 is 13.9 Å². The summed E-state index contributed by atoms with van der Waals surface area (Å²) < 4.78 is 21.3. The molecule has 2 aliphatic heterocycles. The van der Waals surface area contributed by atoms with Gasteiger partial charge in [-0.15, -0.1) is 11.3 Å². The fourth-order valence-corrected chi connectivity index (χ4v) is 4.82. The van der Waals surface area contributed by atoms with Crippen molar-refractivity contribution in [2.24, 2.45) is 17.8 Å². The fraction of sp³-hybridized carbons (Fsp3) is 0.364. The Labute approximate surface area is 188 Å². The maximum Gasteiger partial charge on any atom is 0.275 e. The van der Waals surface area contributed by atoms with Gasteiger partial charge in [-0.05, 0) is 30.0 Å². The highest BCUT2D eigenvalue weighted by Gasteiger charge is 2.30. The van der Waals surface area contributed by atoms with Gasteiger partial charge in [-0.1, -0.05) is 12.1 Å². The van der Waals surface area contributed by atoms with E-state index in [0.29, 0.717) is 36.5 Å². The number of alkyl halides is 1. The zero-order valence-corrected chi connectivity index (χ0v) is 18.3. The van der Waals surface area contributed by atoms with Gasteiger partial charge in [0, 0.05) is 30.2 Å². The molecule has 0 unspecified atom stereocenters. The number of hydrogen-bond donors (Lipinski definition) is 2. The lowest BCUT2D eigenvalue weighted by molar-refractivity contribution is 0.0247. The molecule has 3 atom stereocenters. The molecular formula is C22H23FN6O2S. The Kier molecular flexibility index (Phi) is 5.58. The minimum absolute atomic E-state index is 0.0777. The molecule has 0 bridgehead atoms. The predicted octanol–water partition coefficient (Wildman–Crippen LogP) is 3.25. The molecule has 0 saturated carbocycles. The van der Waals surface area contributed by atoms with Crippen LogP contribution >= 0.6 is 11.3 Å². The van der Waals surface area contributed by atoms with Crippen molar-refractivity contribution in [2.45, 2.75) is 37.7 Å². The number of hydrogen-bond acceptors (Lipinski definition) is 7. The van der Waals surface area contributed by atoms with E-state index >= 15 is 0 Å². The van der Waals surface area contributed by atoms with Gasteiger partial charge in [0.15, 0.2) is 0 Å². The van der Waals surface area contributed by atoms with E-state index in [2.05, 4.69) is 26.5 Å². The second-order valence-corrected chi connectivity index (χ2v) is 8.88. The van der Waals surface area contributed by atoms with Crippen LogP contribution in [-0.2, 0) is 18.3 Å². The predicted molar refractivity (Wildman–Crippen MR) is 121 cm³/mol. The fourth-order valence-electron chi connectivity index (χ4n) is 4.02. The van der Waals surface area contributed by atoms with Crippen LogP contribution < -0.4 is 11.1 Å². The van der Waals surface area contributed by atoms with Crippen molar-refractivity contribution >= 4 is 29.1 Å². The molecular weight excluding hydrogens is 431 g/mol. The number of halogens is 1. The molecule has 3 aromatic rings. The topological polar surface area (TPSA) is 107 Å². The summed E-state index contributed by atoms with van der Waals surface area (Å²) in [4.78, 5) is 21.7. The van der Waals surface area contributed by atoms with Crippen LogP contribution in [0.25, 0.3) is 10.6 Å². The molecule has 10 heteroatoms. The molecule has 2 aliphatic rings. The van der Waals surface area contributed by atoms with Crippen LogP contribution in [0.3, 0.4) is 0 Å². The normalized spacial score (nSPS) is 22.5. The van der Waals surface area contributed by atoms with Crippen LogP contribution in [0.15, 0.2) is 34.8 Å².